The number of imide groups is 1. The van der Waals surface area contributed by atoms with Gasteiger partial charge in [-0.25, -0.2) is 0 Å². The number of nitrogens with zero attached hydrogens (tertiary/aromatic N) is 3. The lowest BCUT2D eigenvalue weighted by molar-refractivity contribution is -0.137. The Morgan fingerprint density at radius 2 is 1.87 bits per heavy atom. The number of rotatable bonds is 5. The summed E-state index contributed by atoms with van der Waals surface area (Å²) in [5.41, 5.74) is 3.95. The number of ether oxygens (including phenoxy) is 1. The molecule has 0 saturated carbocycles. The zero-order valence-corrected chi connectivity index (χ0v) is 21.6. The molecule has 0 radical (unpaired) electrons. The van der Waals surface area contributed by atoms with E-state index in [2.05, 4.69) is 16.3 Å². The van der Waals surface area contributed by atoms with Gasteiger partial charge in [0.15, 0.2) is 6.61 Å². The quantitative estimate of drug-likeness (QED) is 0.613. The van der Waals surface area contributed by atoms with Gasteiger partial charge in [0, 0.05) is 55.8 Å². The highest BCUT2D eigenvalue weighted by atomic mass is 16.5. The van der Waals surface area contributed by atoms with Gasteiger partial charge in [-0.05, 0) is 67.6 Å². The lowest BCUT2D eigenvalue weighted by atomic mass is 9.71. The second-order valence-corrected chi connectivity index (χ2v) is 11.1. The van der Waals surface area contributed by atoms with Crippen molar-refractivity contribution in [3.8, 4) is 5.75 Å². The van der Waals surface area contributed by atoms with E-state index < -0.39 is 6.04 Å². The summed E-state index contributed by atoms with van der Waals surface area (Å²) < 4.78 is 5.71. The Bertz CT molecular complexity index is 1310. The summed E-state index contributed by atoms with van der Waals surface area (Å²) in [5, 5.41) is 2.35. The third-order valence-electron chi connectivity index (χ3n) is 8.45. The first-order chi connectivity index (χ1) is 18.3. The molecule has 2 aromatic rings. The summed E-state index contributed by atoms with van der Waals surface area (Å²) in [6.45, 7) is 5.78. The first kappa shape index (κ1) is 24.5. The van der Waals surface area contributed by atoms with Gasteiger partial charge >= 0.3 is 0 Å². The molecule has 2 aromatic carbocycles. The molecule has 1 spiro atoms. The van der Waals surface area contributed by atoms with Crippen LogP contribution in [0.1, 0.15) is 47.2 Å². The molecule has 38 heavy (non-hydrogen) atoms. The van der Waals surface area contributed by atoms with Gasteiger partial charge in [-0.2, -0.15) is 0 Å². The number of anilines is 1. The highest BCUT2D eigenvalue weighted by Gasteiger charge is 2.46. The van der Waals surface area contributed by atoms with Crippen LogP contribution >= 0.6 is 0 Å². The van der Waals surface area contributed by atoms with Crippen molar-refractivity contribution in [1.29, 1.82) is 0 Å². The minimum absolute atomic E-state index is 0.0291. The van der Waals surface area contributed by atoms with Gasteiger partial charge < -0.3 is 19.4 Å². The van der Waals surface area contributed by atoms with Crippen molar-refractivity contribution < 1.29 is 23.9 Å². The molecular formula is C29H32N4O5. The zero-order valence-electron chi connectivity index (χ0n) is 21.6. The zero-order chi connectivity index (χ0) is 26.4. The van der Waals surface area contributed by atoms with Gasteiger partial charge in [-0.3, -0.25) is 24.5 Å². The number of likely N-dealkylation sites (tertiary alicyclic amines) is 1. The van der Waals surface area contributed by atoms with Crippen molar-refractivity contribution in [2.75, 3.05) is 37.7 Å². The molecule has 1 unspecified atom stereocenters. The predicted molar refractivity (Wildman–Crippen MR) is 140 cm³/mol. The van der Waals surface area contributed by atoms with E-state index in [1.807, 2.05) is 48.2 Å². The maximum atomic E-state index is 13.0. The Morgan fingerprint density at radius 3 is 2.61 bits per heavy atom. The number of fused-ring (bicyclic) bond motifs is 1. The molecule has 0 bridgehead atoms. The summed E-state index contributed by atoms with van der Waals surface area (Å²) in [6.07, 6.45) is 2.54. The minimum Gasteiger partial charge on any atom is -0.484 e. The maximum absolute atomic E-state index is 13.0. The molecule has 4 aliphatic heterocycles. The van der Waals surface area contributed by atoms with E-state index in [0.717, 1.165) is 61.6 Å². The van der Waals surface area contributed by atoms with Gasteiger partial charge in [-0.15, -0.1) is 0 Å². The first-order valence-corrected chi connectivity index (χ1v) is 13.3. The fourth-order valence-electron chi connectivity index (χ4n) is 6.19. The van der Waals surface area contributed by atoms with Crippen LogP contribution in [0.5, 0.6) is 5.75 Å². The van der Waals surface area contributed by atoms with Crippen LogP contribution in [0.3, 0.4) is 0 Å². The molecule has 4 aliphatic rings. The van der Waals surface area contributed by atoms with Crippen molar-refractivity contribution in [2.45, 2.75) is 45.2 Å². The average molecular weight is 517 g/mol. The Labute approximate surface area is 221 Å². The molecule has 3 saturated heterocycles. The molecule has 0 aromatic heterocycles. The lowest BCUT2D eigenvalue weighted by Gasteiger charge is -2.55. The standard InChI is InChI=1S/C29H32N4O5/c1-19-3-2-4-22(13-19)38-16-26(35)31-11-9-29(10-12-31)17-32(18-29)21-5-6-23-20(14-21)15-33(28(23)37)24-7-8-25(34)30-27(24)36/h2-6,13-14,24H,7-12,15-18H2,1H3,(H,30,34,36). The molecule has 0 aliphatic carbocycles. The second-order valence-electron chi connectivity index (χ2n) is 11.1. The summed E-state index contributed by atoms with van der Waals surface area (Å²) in [5.74, 6) is -0.0715. The Balaban J connectivity index is 1.02. The molecule has 4 heterocycles. The van der Waals surface area contributed by atoms with E-state index in [1.54, 1.807) is 4.90 Å². The summed E-state index contributed by atoms with van der Waals surface area (Å²) in [6, 6.07) is 13.0. The molecule has 4 amide bonds. The van der Waals surface area contributed by atoms with Crippen LogP contribution in [0.4, 0.5) is 5.69 Å². The van der Waals surface area contributed by atoms with Crippen molar-refractivity contribution in [3.05, 3.63) is 59.2 Å². The van der Waals surface area contributed by atoms with Crippen LogP contribution in [0.2, 0.25) is 0 Å². The number of aryl methyl sites for hydroxylation is 1. The van der Waals surface area contributed by atoms with Crippen LogP contribution in [0, 0.1) is 12.3 Å². The number of nitrogens with one attached hydrogen (secondary N) is 1. The fraction of sp³-hybridized carbons (Fsp3) is 0.448. The monoisotopic (exact) mass is 516 g/mol. The number of benzene rings is 2. The molecule has 1 atom stereocenters. The largest absolute Gasteiger partial charge is 0.484 e. The molecule has 1 N–H and O–H groups in total. The van der Waals surface area contributed by atoms with Crippen molar-refractivity contribution in [1.82, 2.24) is 15.1 Å². The van der Waals surface area contributed by atoms with Crippen LogP contribution < -0.4 is 15.0 Å². The Kier molecular flexibility index (Phi) is 6.08. The van der Waals surface area contributed by atoms with Crippen molar-refractivity contribution >= 4 is 29.3 Å². The average Bonchev–Trinajstić information content (AvgIpc) is 3.21. The first-order valence-electron chi connectivity index (χ1n) is 13.3. The molecule has 198 valence electrons. The summed E-state index contributed by atoms with van der Waals surface area (Å²) in [4.78, 5) is 55.3. The number of hydrogen-bond acceptors (Lipinski definition) is 6. The number of amides is 4. The van der Waals surface area contributed by atoms with E-state index in [-0.39, 0.29) is 42.1 Å². The third-order valence-corrected chi connectivity index (χ3v) is 8.45. The van der Waals surface area contributed by atoms with E-state index >= 15 is 0 Å². The Morgan fingerprint density at radius 1 is 1.08 bits per heavy atom. The maximum Gasteiger partial charge on any atom is 0.260 e. The van der Waals surface area contributed by atoms with E-state index in [4.69, 9.17) is 4.74 Å². The van der Waals surface area contributed by atoms with Gasteiger partial charge in [0.1, 0.15) is 11.8 Å². The third kappa shape index (κ3) is 4.50. The van der Waals surface area contributed by atoms with Gasteiger partial charge in [0.25, 0.3) is 11.8 Å². The van der Waals surface area contributed by atoms with Gasteiger partial charge in [0.05, 0.1) is 0 Å². The van der Waals surface area contributed by atoms with E-state index in [0.29, 0.717) is 18.5 Å². The smallest absolute Gasteiger partial charge is 0.260 e. The highest BCUT2D eigenvalue weighted by Crippen LogP contribution is 2.43. The van der Waals surface area contributed by atoms with Crippen molar-refractivity contribution in [3.63, 3.8) is 0 Å². The normalized spacial score (nSPS) is 22.3. The van der Waals surface area contributed by atoms with E-state index in [9.17, 15) is 19.2 Å². The van der Waals surface area contributed by atoms with Crippen LogP contribution in [0.15, 0.2) is 42.5 Å². The van der Waals surface area contributed by atoms with Crippen LogP contribution in [-0.2, 0) is 20.9 Å². The molecular weight excluding hydrogens is 484 g/mol. The predicted octanol–water partition coefficient (Wildman–Crippen LogP) is 2.26. The van der Waals surface area contributed by atoms with Gasteiger partial charge in [-0.1, -0.05) is 12.1 Å². The molecule has 6 rings (SSSR count). The number of hydrogen-bond donors (Lipinski definition) is 1. The van der Waals surface area contributed by atoms with E-state index in [1.165, 1.54) is 0 Å². The SMILES string of the molecule is Cc1cccc(OCC(=O)N2CCC3(CC2)CN(c2ccc4c(c2)CN(C2CCC(=O)NC2=O)C4=O)C3)c1. The van der Waals surface area contributed by atoms with Crippen LogP contribution in [0.25, 0.3) is 0 Å². The molecule has 3 fully saturated rings. The lowest BCUT2D eigenvalue weighted by Crippen LogP contribution is -2.61. The number of piperidine rings is 2. The van der Waals surface area contributed by atoms with Crippen molar-refractivity contribution in [2.24, 2.45) is 5.41 Å². The van der Waals surface area contributed by atoms with Gasteiger partial charge in [0.2, 0.25) is 11.8 Å². The summed E-state index contributed by atoms with van der Waals surface area (Å²) >= 11 is 0. The highest BCUT2D eigenvalue weighted by molar-refractivity contribution is 6.05. The molecule has 9 heteroatoms. The Hall–Kier alpha value is -3.88. The summed E-state index contributed by atoms with van der Waals surface area (Å²) in [7, 11) is 0. The van der Waals surface area contributed by atoms with Crippen LogP contribution in [-0.4, -0.2) is 72.3 Å². The number of carbonyl (C=O) groups excluding carboxylic acids is 4. The second kappa shape index (κ2) is 9.45. The number of carbonyl (C=O) groups is 4. The molecule has 9 nitrogen and oxygen atoms in total. The minimum atomic E-state index is -0.599. The fourth-order valence-corrected chi connectivity index (χ4v) is 6.19. The topological polar surface area (TPSA) is 99.3 Å².